The molecule has 0 bridgehead atoms. The molecule has 0 fully saturated rings. The van der Waals surface area contributed by atoms with Gasteiger partial charge in [-0.2, -0.15) is 4.98 Å². The first kappa shape index (κ1) is 25.3. The molecule has 3 aromatic rings. The molecule has 1 unspecified atom stereocenters. The van der Waals surface area contributed by atoms with E-state index >= 15 is 0 Å². The van der Waals surface area contributed by atoms with Crippen molar-refractivity contribution in [2.24, 2.45) is 0 Å². The lowest BCUT2D eigenvalue weighted by Crippen LogP contribution is -2.32. The molecule has 2 aromatic carbocycles. The quantitative estimate of drug-likeness (QED) is 0.309. The van der Waals surface area contributed by atoms with E-state index in [2.05, 4.69) is 39.6 Å². The SMILES string of the molecule is CCCSc1nc2n(n1)C(c1cc(Br)ccc1OCC)C(C(=O)Nc1ccc(C)cc1C)=C(C)N2. The second-order valence-corrected chi connectivity index (χ2v) is 10.4. The Labute approximate surface area is 218 Å². The number of aromatic nitrogens is 3. The first-order valence-electron chi connectivity index (χ1n) is 11.7. The molecule has 1 atom stereocenters. The molecule has 2 heterocycles. The Bertz CT molecular complexity index is 1290. The van der Waals surface area contributed by atoms with Crippen molar-refractivity contribution in [1.29, 1.82) is 0 Å². The first-order chi connectivity index (χ1) is 16.8. The Morgan fingerprint density at radius 1 is 1.20 bits per heavy atom. The molecule has 1 aliphatic heterocycles. The topological polar surface area (TPSA) is 81.1 Å². The van der Waals surface area contributed by atoms with Crippen LogP contribution in [0.25, 0.3) is 0 Å². The third-order valence-electron chi connectivity index (χ3n) is 5.71. The number of nitrogens with zero attached hydrogens (tertiary/aromatic N) is 3. The molecular formula is C26H30BrN5O2S. The van der Waals surface area contributed by atoms with Gasteiger partial charge in [0.1, 0.15) is 11.8 Å². The molecule has 0 spiro atoms. The largest absolute Gasteiger partial charge is 0.494 e. The van der Waals surface area contributed by atoms with Crippen LogP contribution in [0, 0.1) is 13.8 Å². The van der Waals surface area contributed by atoms with Crippen molar-refractivity contribution in [3.05, 3.63) is 68.8 Å². The van der Waals surface area contributed by atoms with Gasteiger partial charge in [-0.15, -0.1) is 5.10 Å². The number of halogens is 1. The van der Waals surface area contributed by atoms with Crippen LogP contribution in [0.5, 0.6) is 5.75 Å². The van der Waals surface area contributed by atoms with E-state index in [1.54, 1.807) is 16.4 Å². The summed E-state index contributed by atoms with van der Waals surface area (Å²) in [6.07, 6.45) is 1.02. The highest BCUT2D eigenvalue weighted by Gasteiger charge is 2.36. The number of anilines is 2. The normalized spacial score (nSPS) is 15.0. The zero-order chi connectivity index (χ0) is 25.1. The predicted molar refractivity (Wildman–Crippen MR) is 145 cm³/mol. The number of carbonyl (C=O) groups excluding carboxylic acids is 1. The van der Waals surface area contributed by atoms with Crippen molar-refractivity contribution in [3.8, 4) is 5.75 Å². The number of nitrogens with one attached hydrogen (secondary N) is 2. The molecule has 0 saturated heterocycles. The average Bonchev–Trinajstić information content (AvgIpc) is 3.22. The molecule has 1 aliphatic rings. The molecular weight excluding hydrogens is 526 g/mol. The Morgan fingerprint density at radius 2 is 2.00 bits per heavy atom. The van der Waals surface area contributed by atoms with E-state index in [1.807, 2.05) is 58.0 Å². The van der Waals surface area contributed by atoms with Gasteiger partial charge in [0.15, 0.2) is 0 Å². The minimum atomic E-state index is -0.514. The van der Waals surface area contributed by atoms with E-state index < -0.39 is 6.04 Å². The molecule has 4 rings (SSSR count). The number of hydrogen-bond acceptors (Lipinski definition) is 6. The Hall–Kier alpha value is -2.78. The molecule has 0 radical (unpaired) electrons. The summed E-state index contributed by atoms with van der Waals surface area (Å²) in [5.74, 6) is 2.04. The van der Waals surface area contributed by atoms with Crippen molar-refractivity contribution in [2.45, 2.75) is 52.2 Å². The summed E-state index contributed by atoms with van der Waals surface area (Å²) in [5.41, 5.74) is 5.07. The predicted octanol–water partition coefficient (Wildman–Crippen LogP) is 6.49. The summed E-state index contributed by atoms with van der Waals surface area (Å²) in [6.45, 7) is 10.5. The van der Waals surface area contributed by atoms with E-state index in [0.717, 1.165) is 44.7 Å². The number of rotatable bonds is 8. The lowest BCUT2D eigenvalue weighted by Gasteiger charge is -2.30. The zero-order valence-electron chi connectivity index (χ0n) is 20.6. The van der Waals surface area contributed by atoms with Gasteiger partial charge in [0.05, 0.1) is 12.2 Å². The van der Waals surface area contributed by atoms with Crippen molar-refractivity contribution < 1.29 is 9.53 Å². The summed E-state index contributed by atoms with van der Waals surface area (Å²) in [7, 11) is 0. The molecule has 1 amide bonds. The highest BCUT2D eigenvalue weighted by molar-refractivity contribution is 9.10. The fourth-order valence-corrected chi connectivity index (χ4v) is 5.19. The minimum Gasteiger partial charge on any atom is -0.494 e. The maximum absolute atomic E-state index is 13.8. The van der Waals surface area contributed by atoms with Gasteiger partial charge < -0.3 is 15.4 Å². The zero-order valence-corrected chi connectivity index (χ0v) is 23.0. The molecule has 9 heteroatoms. The maximum Gasteiger partial charge on any atom is 0.255 e. The van der Waals surface area contributed by atoms with Crippen molar-refractivity contribution >= 4 is 45.2 Å². The number of ether oxygens (including phenoxy) is 1. The fourth-order valence-electron chi connectivity index (χ4n) is 4.13. The second kappa shape index (κ2) is 10.9. The monoisotopic (exact) mass is 555 g/mol. The van der Waals surface area contributed by atoms with Crippen molar-refractivity contribution in [3.63, 3.8) is 0 Å². The summed E-state index contributed by atoms with van der Waals surface area (Å²) >= 11 is 5.20. The number of amides is 1. The Kier molecular flexibility index (Phi) is 7.86. The summed E-state index contributed by atoms with van der Waals surface area (Å²) < 4.78 is 8.67. The molecule has 0 aliphatic carbocycles. The number of hydrogen-bond donors (Lipinski definition) is 2. The van der Waals surface area contributed by atoms with Gasteiger partial charge in [-0.05, 0) is 63.9 Å². The van der Waals surface area contributed by atoms with E-state index in [1.165, 1.54) is 0 Å². The van der Waals surface area contributed by atoms with Crippen LogP contribution in [0.15, 0.2) is 57.3 Å². The Morgan fingerprint density at radius 3 is 2.71 bits per heavy atom. The molecule has 7 nitrogen and oxygen atoms in total. The van der Waals surface area contributed by atoms with Crippen LogP contribution >= 0.6 is 27.7 Å². The minimum absolute atomic E-state index is 0.196. The number of aryl methyl sites for hydroxylation is 2. The van der Waals surface area contributed by atoms with E-state index in [0.29, 0.717) is 29.0 Å². The lowest BCUT2D eigenvalue weighted by molar-refractivity contribution is -0.113. The van der Waals surface area contributed by atoms with E-state index in [9.17, 15) is 4.79 Å². The van der Waals surface area contributed by atoms with Crippen LogP contribution in [0.2, 0.25) is 0 Å². The number of carbonyl (C=O) groups is 1. The second-order valence-electron chi connectivity index (χ2n) is 8.46. The number of benzene rings is 2. The summed E-state index contributed by atoms with van der Waals surface area (Å²) in [6, 6.07) is 11.3. The van der Waals surface area contributed by atoms with Gasteiger partial charge in [-0.1, -0.05) is 52.3 Å². The van der Waals surface area contributed by atoms with Gasteiger partial charge in [-0.3, -0.25) is 4.79 Å². The van der Waals surface area contributed by atoms with Crippen LogP contribution < -0.4 is 15.4 Å². The van der Waals surface area contributed by atoms with Crippen LogP contribution in [-0.4, -0.2) is 33.0 Å². The van der Waals surface area contributed by atoms with Crippen LogP contribution in [0.1, 0.15) is 49.9 Å². The third kappa shape index (κ3) is 5.41. The van der Waals surface area contributed by atoms with Gasteiger partial charge in [0, 0.05) is 27.2 Å². The molecule has 184 valence electrons. The van der Waals surface area contributed by atoms with Gasteiger partial charge >= 0.3 is 0 Å². The van der Waals surface area contributed by atoms with Crippen molar-refractivity contribution in [1.82, 2.24) is 14.8 Å². The standard InChI is InChI=1S/C26H30BrN5O2S/c1-6-12-35-26-30-25-28-17(5)22(24(33)29-20-10-8-15(3)13-16(20)4)23(32(25)31-26)19-14-18(27)9-11-21(19)34-7-2/h8-11,13-14,23H,6-7,12H2,1-5H3,(H,29,33)(H,28,30,31). The van der Waals surface area contributed by atoms with E-state index in [-0.39, 0.29) is 5.91 Å². The highest BCUT2D eigenvalue weighted by Crippen LogP contribution is 2.41. The van der Waals surface area contributed by atoms with Gasteiger partial charge in [0.25, 0.3) is 5.91 Å². The average molecular weight is 557 g/mol. The number of thioether (sulfide) groups is 1. The van der Waals surface area contributed by atoms with E-state index in [4.69, 9.17) is 14.8 Å². The molecule has 1 aromatic heterocycles. The van der Waals surface area contributed by atoms with Crippen molar-refractivity contribution in [2.75, 3.05) is 23.0 Å². The summed E-state index contributed by atoms with van der Waals surface area (Å²) in [4.78, 5) is 18.5. The van der Waals surface area contributed by atoms with Crippen LogP contribution in [0.4, 0.5) is 11.6 Å². The highest BCUT2D eigenvalue weighted by atomic mass is 79.9. The number of allylic oxidation sites excluding steroid dienone is 1. The third-order valence-corrected chi connectivity index (χ3v) is 7.25. The maximum atomic E-state index is 13.8. The Balaban J connectivity index is 1.83. The lowest BCUT2D eigenvalue weighted by atomic mass is 9.94. The van der Waals surface area contributed by atoms with Gasteiger partial charge in [0.2, 0.25) is 11.1 Å². The number of fused-ring (bicyclic) bond motifs is 1. The molecule has 35 heavy (non-hydrogen) atoms. The van der Waals surface area contributed by atoms with Crippen LogP contribution in [-0.2, 0) is 4.79 Å². The fraction of sp³-hybridized carbons (Fsp3) is 0.346. The summed E-state index contributed by atoms with van der Waals surface area (Å²) in [5, 5.41) is 11.9. The first-order valence-corrected chi connectivity index (χ1v) is 13.5. The molecule has 0 saturated carbocycles. The smallest absolute Gasteiger partial charge is 0.255 e. The molecule has 2 N–H and O–H groups in total. The van der Waals surface area contributed by atoms with Crippen LogP contribution in [0.3, 0.4) is 0 Å². The van der Waals surface area contributed by atoms with Gasteiger partial charge in [-0.25, -0.2) is 4.68 Å².